The van der Waals surface area contributed by atoms with E-state index in [9.17, 15) is 4.79 Å². The number of nitrogens with zero attached hydrogens (tertiary/aromatic N) is 3. The Hall–Kier alpha value is -2.67. The maximum atomic E-state index is 12.5. The molecule has 0 spiro atoms. The fourth-order valence-electron chi connectivity index (χ4n) is 3.05. The topological polar surface area (TPSA) is 69.0 Å². The number of ether oxygens (including phenoxy) is 1. The highest BCUT2D eigenvalue weighted by Crippen LogP contribution is 2.27. The van der Waals surface area contributed by atoms with E-state index in [1.165, 1.54) is 5.56 Å². The van der Waals surface area contributed by atoms with Crippen molar-refractivity contribution < 1.29 is 9.53 Å². The van der Waals surface area contributed by atoms with Crippen molar-refractivity contribution in [3.63, 3.8) is 0 Å². The number of hydrogen-bond donors (Lipinski definition) is 1. The molecule has 2 aromatic carbocycles. The molecule has 1 atom stereocenters. The summed E-state index contributed by atoms with van der Waals surface area (Å²) < 4.78 is 8.44. The molecule has 4 rings (SSSR count). The number of fused-ring (bicyclic) bond motifs is 1. The van der Waals surface area contributed by atoms with Gasteiger partial charge in [0.05, 0.1) is 17.9 Å². The highest BCUT2D eigenvalue weighted by molar-refractivity contribution is 9.10. The SMILES string of the molecule is Cc1c(C(=O)NCC2Cc3ccccc3O2)nnn1-c1cccc(Br)c1. The van der Waals surface area contributed by atoms with E-state index in [-0.39, 0.29) is 12.0 Å². The van der Waals surface area contributed by atoms with Gasteiger partial charge in [-0.2, -0.15) is 0 Å². The zero-order chi connectivity index (χ0) is 18.1. The molecule has 0 aliphatic carbocycles. The van der Waals surface area contributed by atoms with Crippen LogP contribution in [0, 0.1) is 6.92 Å². The molecule has 0 saturated heterocycles. The third-order valence-corrected chi connectivity index (χ3v) is 4.86. The minimum absolute atomic E-state index is 0.0585. The van der Waals surface area contributed by atoms with Crippen molar-refractivity contribution in [3.05, 3.63) is 70.0 Å². The third-order valence-electron chi connectivity index (χ3n) is 4.37. The average molecular weight is 413 g/mol. The molecule has 1 unspecified atom stereocenters. The van der Waals surface area contributed by atoms with Crippen molar-refractivity contribution in [2.24, 2.45) is 0 Å². The monoisotopic (exact) mass is 412 g/mol. The predicted molar refractivity (Wildman–Crippen MR) is 101 cm³/mol. The van der Waals surface area contributed by atoms with E-state index in [0.29, 0.717) is 17.9 Å². The molecule has 1 N–H and O–H groups in total. The van der Waals surface area contributed by atoms with Crippen molar-refractivity contribution in [3.8, 4) is 11.4 Å². The summed E-state index contributed by atoms with van der Waals surface area (Å²) in [6.45, 7) is 2.26. The van der Waals surface area contributed by atoms with Crippen LogP contribution in [0.4, 0.5) is 0 Å². The number of rotatable bonds is 4. The first-order chi connectivity index (χ1) is 12.6. The Bertz CT molecular complexity index is 945. The summed E-state index contributed by atoms with van der Waals surface area (Å²) in [5, 5.41) is 11.1. The van der Waals surface area contributed by atoms with E-state index in [4.69, 9.17) is 4.74 Å². The molecule has 1 aromatic heterocycles. The van der Waals surface area contributed by atoms with E-state index < -0.39 is 0 Å². The molecule has 132 valence electrons. The molecule has 3 aromatic rings. The van der Waals surface area contributed by atoms with Crippen molar-refractivity contribution in [1.82, 2.24) is 20.3 Å². The number of hydrogen-bond acceptors (Lipinski definition) is 4. The van der Waals surface area contributed by atoms with Crippen LogP contribution in [-0.2, 0) is 6.42 Å². The molecule has 7 heteroatoms. The second-order valence-corrected chi connectivity index (χ2v) is 7.09. The van der Waals surface area contributed by atoms with Gasteiger partial charge in [-0.25, -0.2) is 4.68 Å². The van der Waals surface area contributed by atoms with Crippen LogP contribution in [0.2, 0.25) is 0 Å². The molecule has 1 aliphatic heterocycles. The van der Waals surface area contributed by atoms with Gasteiger partial charge in [0.15, 0.2) is 5.69 Å². The first-order valence-corrected chi connectivity index (χ1v) is 9.12. The molecule has 2 heterocycles. The molecular weight excluding hydrogens is 396 g/mol. The highest BCUT2D eigenvalue weighted by atomic mass is 79.9. The second-order valence-electron chi connectivity index (χ2n) is 6.18. The van der Waals surface area contributed by atoms with Crippen LogP contribution in [0.5, 0.6) is 5.75 Å². The summed E-state index contributed by atoms with van der Waals surface area (Å²) in [5.74, 6) is 0.645. The van der Waals surface area contributed by atoms with Crippen LogP contribution in [0.1, 0.15) is 21.7 Å². The zero-order valence-corrected chi connectivity index (χ0v) is 15.7. The lowest BCUT2D eigenvalue weighted by Crippen LogP contribution is -2.35. The number of nitrogens with one attached hydrogen (secondary N) is 1. The molecule has 1 aliphatic rings. The molecule has 0 bridgehead atoms. The van der Waals surface area contributed by atoms with Gasteiger partial charge in [0.2, 0.25) is 0 Å². The molecule has 0 fully saturated rings. The second kappa shape index (κ2) is 6.92. The number of aromatic nitrogens is 3. The third kappa shape index (κ3) is 3.22. The highest BCUT2D eigenvalue weighted by Gasteiger charge is 2.24. The summed E-state index contributed by atoms with van der Waals surface area (Å²) >= 11 is 3.44. The maximum Gasteiger partial charge on any atom is 0.273 e. The normalized spacial score (nSPS) is 15.4. The number of amides is 1. The van der Waals surface area contributed by atoms with Gasteiger partial charge in [0.1, 0.15) is 11.9 Å². The lowest BCUT2D eigenvalue weighted by molar-refractivity contribution is 0.0928. The molecule has 0 radical (unpaired) electrons. The first-order valence-electron chi connectivity index (χ1n) is 8.33. The molecule has 0 saturated carbocycles. The summed E-state index contributed by atoms with van der Waals surface area (Å²) in [6.07, 6.45) is 0.733. The number of halogens is 1. The zero-order valence-electron chi connectivity index (χ0n) is 14.1. The molecule has 1 amide bonds. The Labute approximate surface area is 159 Å². The fourth-order valence-corrected chi connectivity index (χ4v) is 3.44. The predicted octanol–water partition coefficient (Wildman–Crippen LogP) is 3.07. The van der Waals surface area contributed by atoms with Gasteiger partial charge in [-0.15, -0.1) is 5.10 Å². The van der Waals surface area contributed by atoms with Gasteiger partial charge in [-0.05, 0) is 36.8 Å². The molecule has 6 nitrogen and oxygen atoms in total. The van der Waals surface area contributed by atoms with Crippen molar-refractivity contribution in [2.75, 3.05) is 6.54 Å². The summed E-state index contributed by atoms with van der Waals surface area (Å²) in [4.78, 5) is 12.5. The van der Waals surface area contributed by atoms with Crippen molar-refractivity contribution in [1.29, 1.82) is 0 Å². The van der Waals surface area contributed by atoms with Gasteiger partial charge in [-0.1, -0.05) is 45.4 Å². The van der Waals surface area contributed by atoms with Crippen LogP contribution in [0.3, 0.4) is 0 Å². The number of carbonyl (C=O) groups excluding carboxylic acids is 1. The van der Waals surface area contributed by atoms with E-state index in [1.807, 2.05) is 55.5 Å². The lowest BCUT2D eigenvalue weighted by Gasteiger charge is -2.11. The molecular formula is C19H17BrN4O2. The van der Waals surface area contributed by atoms with Gasteiger partial charge in [0, 0.05) is 10.9 Å². The largest absolute Gasteiger partial charge is 0.488 e. The maximum absolute atomic E-state index is 12.5. The van der Waals surface area contributed by atoms with E-state index in [2.05, 4.69) is 31.6 Å². The summed E-state index contributed by atoms with van der Waals surface area (Å²) in [7, 11) is 0. The first kappa shape index (κ1) is 16.8. The molecule has 26 heavy (non-hydrogen) atoms. The number of carbonyl (C=O) groups is 1. The summed E-state index contributed by atoms with van der Waals surface area (Å²) in [6, 6.07) is 15.6. The van der Waals surface area contributed by atoms with E-state index in [0.717, 1.165) is 22.3 Å². The number of benzene rings is 2. The van der Waals surface area contributed by atoms with E-state index in [1.54, 1.807) is 4.68 Å². The van der Waals surface area contributed by atoms with Crippen LogP contribution in [-0.4, -0.2) is 33.5 Å². The van der Waals surface area contributed by atoms with Crippen LogP contribution < -0.4 is 10.1 Å². The van der Waals surface area contributed by atoms with Crippen LogP contribution >= 0.6 is 15.9 Å². The Morgan fingerprint density at radius 3 is 2.96 bits per heavy atom. The summed E-state index contributed by atoms with van der Waals surface area (Å²) in [5.41, 5.74) is 3.03. The van der Waals surface area contributed by atoms with Crippen molar-refractivity contribution in [2.45, 2.75) is 19.4 Å². The standard InChI is InChI=1S/C19H17BrN4O2/c1-12-18(22-23-24(12)15-7-4-6-14(20)10-15)19(25)21-11-16-9-13-5-2-3-8-17(13)26-16/h2-8,10,16H,9,11H2,1H3,(H,21,25). The Kier molecular flexibility index (Phi) is 4.46. The van der Waals surface area contributed by atoms with Gasteiger partial charge in [0.25, 0.3) is 5.91 Å². The quantitative estimate of drug-likeness (QED) is 0.714. The minimum Gasteiger partial charge on any atom is -0.488 e. The number of para-hydroxylation sites is 1. The lowest BCUT2D eigenvalue weighted by atomic mass is 10.1. The average Bonchev–Trinajstić information content (AvgIpc) is 3.22. The Morgan fingerprint density at radius 2 is 2.15 bits per heavy atom. The Balaban J connectivity index is 1.43. The van der Waals surface area contributed by atoms with Crippen molar-refractivity contribution >= 4 is 21.8 Å². The van der Waals surface area contributed by atoms with Gasteiger partial charge >= 0.3 is 0 Å². The fraction of sp³-hybridized carbons (Fsp3) is 0.211. The van der Waals surface area contributed by atoms with E-state index >= 15 is 0 Å². The minimum atomic E-state index is -0.247. The smallest absolute Gasteiger partial charge is 0.273 e. The Morgan fingerprint density at radius 1 is 1.31 bits per heavy atom. The van der Waals surface area contributed by atoms with Gasteiger partial charge < -0.3 is 10.1 Å². The van der Waals surface area contributed by atoms with Crippen LogP contribution in [0.15, 0.2) is 53.0 Å². The van der Waals surface area contributed by atoms with Gasteiger partial charge in [-0.3, -0.25) is 4.79 Å². The van der Waals surface area contributed by atoms with Crippen LogP contribution in [0.25, 0.3) is 5.69 Å².